The van der Waals surface area contributed by atoms with Crippen molar-refractivity contribution < 1.29 is 0 Å². The third-order valence-electron chi connectivity index (χ3n) is 4.71. The summed E-state index contributed by atoms with van der Waals surface area (Å²) in [7, 11) is 4.41. The predicted molar refractivity (Wildman–Crippen MR) is 87.1 cm³/mol. The number of nitrogens with one attached hydrogen (secondary N) is 1. The molecule has 2 rings (SSSR count). The highest BCUT2D eigenvalue weighted by atomic mass is 15.2. The highest BCUT2D eigenvalue weighted by molar-refractivity contribution is 5.32. The summed E-state index contributed by atoms with van der Waals surface area (Å²) in [6, 6.07) is 10.1. The molecule has 0 fully saturated rings. The molecule has 1 aromatic carbocycles. The third kappa shape index (κ3) is 3.62. The molecule has 2 heteroatoms. The maximum atomic E-state index is 3.58. The van der Waals surface area contributed by atoms with Crippen LogP contribution in [0.15, 0.2) is 24.3 Å². The van der Waals surface area contributed by atoms with Gasteiger partial charge in [0.15, 0.2) is 0 Å². The van der Waals surface area contributed by atoms with E-state index in [-0.39, 0.29) is 0 Å². The van der Waals surface area contributed by atoms with Gasteiger partial charge in [0.25, 0.3) is 0 Å². The monoisotopic (exact) mass is 274 g/mol. The fourth-order valence-electron chi connectivity index (χ4n) is 3.54. The predicted octanol–water partition coefficient (Wildman–Crippen LogP) is 3.77. The molecule has 0 bridgehead atoms. The molecule has 112 valence electrons. The third-order valence-corrected chi connectivity index (χ3v) is 4.71. The minimum atomic E-state index is 0.473. The number of benzene rings is 1. The van der Waals surface area contributed by atoms with Gasteiger partial charge in [0.1, 0.15) is 0 Å². The van der Waals surface area contributed by atoms with Gasteiger partial charge in [0.05, 0.1) is 0 Å². The van der Waals surface area contributed by atoms with E-state index in [1.54, 1.807) is 0 Å². The second-order valence-corrected chi connectivity index (χ2v) is 6.11. The summed E-state index contributed by atoms with van der Waals surface area (Å²) in [4.78, 5) is 2.58. The zero-order valence-corrected chi connectivity index (χ0v) is 13.4. The molecule has 0 amide bonds. The van der Waals surface area contributed by atoms with Crippen LogP contribution in [0.5, 0.6) is 0 Å². The Hall–Kier alpha value is -0.860. The SMILES string of the molecule is CCCCCN(C)C1CCCc2ccccc2C1NC. The first-order chi connectivity index (χ1) is 9.77. The average Bonchev–Trinajstić information content (AvgIpc) is 2.66. The molecule has 0 aliphatic heterocycles. The van der Waals surface area contributed by atoms with E-state index in [1.807, 2.05) is 0 Å². The Morgan fingerprint density at radius 1 is 1.25 bits per heavy atom. The maximum Gasteiger partial charge on any atom is 0.0478 e. The first kappa shape index (κ1) is 15.5. The van der Waals surface area contributed by atoms with Crippen molar-refractivity contribution in [2.45, 2.75) is 57.5 Å². The van der Waals surface area contributed by atoms with Gasteiger partial charge in [-0.15, -0.1) is 0 Å². The quantitative estimate of drug-likeness (QED) is 0.627. The second-order valence-electron chi connectivity index (χ2n) is 6.11. The molecule has 1 aliphatic rings. The summed E-state index contributed by atoms with van der Waals surface area (Å²) in [5.41, 5.74) is 3.05. The number of hydrogen-bond donors (Lipinski definition) is 1. The average molecular weight is 274 g/mol. The number of hydrogen-bond acceptors (Lipinski definition) is 2. The summed E-state index contributed by atoms with van der Waals surface area (Å²) in [6.45, 7) is 3.50. The van der Waals surface area contributed by atoms with Crippen molar-refractivity contribution in [2.75, 3.05) is 20.6 Å². The number of likely N-dealkylation sites (N-methyl/N-ethyl adjacent to an activating group) is 2. The molecular weight excluding hydrogens is 244 g/mol. The molecule has 0 heterocycles. The zero-order valence-electron chi connectivity index (χ0n) is 13.4. The molecule has 1 N–H and O–H groups in total. The van der Waals surface area contributed by atoms with Gasteiger partial charge in [0, 0.05) is 12.1 Å². The molecule has 2 unspecified atom stereocenters. The van der Waals surface area contributed by atoms with Crippen LogP contribution in [-0.2, 0) is 6.42 Å². The van der Waals surface area contributed by atoms with Crippen LogP contribution in [0.3, 0.4) is 0 Å². The Balaban J connectivity index is 2.12. The Kier molecular flexibility index (Phi) is 6.06. The highest BCUT2D eigenvalue weighted by Crippen LogP contribution is 2.31. The van der Waals surface area contributed by atoms with Crippen LogP contribution < -0.4 is 5.32 Å². The molecule has 2 atom stereocenters. The lowest BCUT2D eigenvalue weighted by molar-refractivity contribution is 0.183. The minimum absolute atomic E-state index is 0.473. The van der Waals surface area contributed by atoms with Gasteiger partial charge in [-0.1, -0.05) is 44.0 Å². The van der Waals surface area contributed by atoms with Gasteiger partial charge in [-0.2, -0.15) is 0 Å². The van der Waals surface area contributed by atoms with Gasteiger partial charge in [0.2, 0.25) is 0 Å². The number of aryl methyl sites for hydroxylation is 1. The van der Waals surface area contributed by atoms with E-state index in [0.717, 1.165) is 0 Å². The zero-order chi connectivity index (χ0) is 14.4. The molecule has 1 aromatic rings. The summed E-state index contributed by atoms with van der Waals surface area (Å²) >= 11 is 0. The largest absolute Gasteiger partial charge is 0.312 e. The van der Waals surface area contributed by atoms with E-state index in [0.29, 0.717) is 12.1 Å². The van der Waals surface area contributed by atoms with Crippen molar-refractivity contribution >= 4 is 0 Å². The smallest absolute Gasteiger partial charge is 0.0478 e. The van der Waals surface area contributed by atoms with Crippen molar-refractivity contribution in [3.8, 4) is 0 Å². The Bertz CT molecular complexity index is 402. The molecule has 0 radical (unpaired) electrons. The Morgan fingerprint density at radius 3 is 2.80 bits per heavy atom. The van der Waals surface area contributed by atoms with Crippen LogP contribution in [-0.4, -0.2) is 31.6 Å². The normalized spacial score (nSPS) is 22.6. The Morgan fingerprint density at radius 2 is 2.05 bits per heavy atom. The van der Waals surface area contributed by atoms with Crippen molar-refractivity contribution in [1.29, 1.82) is 0 Å². The van der Waals surface area contributed by atoms with Crippen molar-refractivity contribution in [2.24, 2.45) is 0 Å². The number of rotatable bonds is 6. The van der Waals surface area contributed by atoms with Crippen LogP contribution in [0.1, 0.15) is 56.2 Å². The van der Waals surface area contributed by atoms with E-state index in [4.69, 9.17) is 0 Å². The first-order valence-corrected chi connectivity index (χ1v) is 8.23. The lowest BCUT2D eigenvalue weighted by Crippen LogP contribution is -2.42. The molecule has 0 aromatic heterocycles. The number of nitrogens with zero attached hydrogens (tertiary/aromatic N) is 1. The van der Waals surface area contributed by atoms with Crippen LogP contribution in [0, 0.1) is 0 Å². The van der Waals surface area contributed by atoms with Crippen molar-refractivity contribution in [3.63, 3.8) is 0 Å². The van der Waals surface area contributed by atoms with Gasteiger partial charge in [-0.3, -0.25) is 0 Å². The molecule has 2 nitrogen and oxygen atoms in total. The molecule has 0 saturated carbocycles. The van der Waals surface area contributed by atoms with Crippen molar-refractivity contribution in [3.05, 3.63) is 35.4 Å². The second kappa shape index (κ2) is 7.80. The highest BCUT2D eigenvalue weighted by Gasteiger charge is 2.28. The Labute approximate surface area is 124 Å². The lowest BCUT2D eigenvalue weighted by atomic mass is 9.95. The van der Waals surface area contributed by atoms with Gasteiger partial charge in [-0.05, 0) is 57.5 Å². The maximum absolute atomic E-state index is 3.58. The molecule has 20 heavy (non-hydrogen) atoms. The van der Waals surface area contributed by atoms with Gasteiger partial charge < -0.3 is 10.2 Å². The summed E-state index contributed by atoms with van der Waals surface area (Å²) < 4.78 is 0. The van der Waals surface area contributed by atoms with Gasteiger partial charge in [-0.25, -0.2) is 0 Å². The van der Waals surface area contributed by atoms with Gasteiger partial charge >= 0.3 is 0 Å². The van der Waals surface area contributed by atoms with E-state index < -0.39 is 0 Å². The fraction of sp³-hybridized carbons (Fsp3) is 0.667. The van der Waals surface area contributed by atoms with E-state index in [2.05, 4.69) is 55.5 Å². The topological polar surface area (TPSA) is 15.3 Å². The van der Waals surface area contributed by atoms with E-state index >= 15 is 0 Å². The van der Waals surface area contributed by atoms with Crippen molar-refractivity contribution in [1.82, 2.24) is 10.2 Å². The molecular formula is C18H30N2. The van der Waals surface area contributed by atoms with E-state index in [9.17, 15) is 0 Å². The van der Waals surface area contributed by atoms with Crippen LogP contribution in [0.2, 0.25) is 0 Å². The molecule has 0 saturated heterocycles. The summed E-state index contributed by atoms with van der Waals surface area (Å²) in [6.07, 6.45) is 7.80. The fourth-order valence-corrected chi connectivity index (χ4v) is 3.54. The summed E-state index contributed by atoms with van der Waals surface area (Å²) in [5.74, 6) is 0. The molecule has 1 aliphatic carbocycles. The first-order valence-electron chi connectivity index (χ1n) is 8.23. The lowest BCUT2D eigenvalue weighted by Gasteiger charge is -2.34. The number of unbranched alkanes of at least 4 members (excludes halogenated alkanes) is 2. The van der Waals surface area contributed by atoms with E-state index in [1.165, 1.54) is 56.2 Å². The minimum Gasteiger partial charge on any atom is -0.312 e. The van der Waals surface area contributed by atoms with Crippen LogP contribution in [0.25, 0.3) is 0 Å². The summed E-state index contributed by atoms with van der Waals surface area (Å²) in [5, 5.41) is 3.58. The van der Waals surface area contributed by atoms with Crippen LogP contribution >= 0.6 is 0 Å². The van der Waals surface area contributed by atoms with Crippen LogP contribution in [0.4, 0.5) is 0 Å². The molecule has 0 spiro atoms. The standard InChI is InChI=1S/C18H30N2/c1-4-5-8-14-20(3)17-13-9-11-15-10-6-7-12-16(15)18(17)19-2/h6-7,10,12,17-19H,4-5,8-9,11,13-14H2,1-3H3. The number of fused-ring (bicyclic) bond motifs is 1.